The van der Waals surface area contributed by atoms with Crippen molar-refractivity contribution in [2.45, 2.75) is 13.8 Å². The largest absolute Gasteiger partial charge is 0.507 e. The van der Waals surface area contributed by atoms with E-state index in [1.165, 1.54) is 26.4 Å². The van der Waals surface area contributed by atoms with E-state index in [0.717, 1.165) is 16.7 Å². The van der Waals surface area contributed by atoms with Gasteiger partial charge in [-0.1, -0.05) is 17.7 Å². The van der Waals surface area contributed by atoms with E-state index in [1.54, 1.807) is 12.1 Å². The van der Waals surface area contributed by atoms with Crippen LogP contribution in [-0.4, -0.2) is 25.1 Å². The summed E-state index contributed by atoms with van der Waals surface area (Å²) in [6.45, 7) is 3.63. The second-order valence-corrected chi connectivity index (χ2v) is 5.80. The van der Waals surface area contributed by atoms with Crippen LogP contribution in [0, 0.1) is 13.8 Å². The first-order valence-electron chi connectivity index (χ1n) is 7.31. The minimum Gasteiger partial charge on any atom is -0.507 e. The molecule has 0 aliphatic carbocycles. The number of phenols is 1. The number of aryl methyl sites for hydroxylation is 2. The normalized spacial score (nSPS) is 10.9. The SMILES string of the molecule is COc1cc(OC)c(C(=O)/C=C/c2cc(C)c(O)c(C)c2)cc1Cl. The predicted octanol–water partition coefficient (Wildman–Crippen LogP) is 4.58. The van der Waals surface area contributed by atoms with Gasteiger partial charge in [0.1, 0.15) is 17.2 Å². The van der Waals surface area contributed by atoms with Crippen LogP contribution in [0.2, 0.25) is 5.02 Å². The van der Waals surface area contributed by atoms with Crippen molar-refractivity contribution in [1.82, 2.24) is 0 Å². The van der Waals surface area contributed by atoms with E-state index in [0.29, 0.717) is 22.1 Å². The van der Waals surface area contributed by atoms with Crippen LogP contribution in [-0.2, 0) is 0 Å². The predicted molar refractivity (Wildman–Crippen MR) is 95.5 cm³/mol. The molecule has 0 heterocycles. The minimum absolute atomic E-state index is 0.236. The second kappa shape index (κ2) is 7.41. The van der Waals surface area contributed by atoms with Crippen LogP contribution >= 0.6 is 11.6 Å². The summed E-state index contributed by atoms with van der Waals surface area (Å²) in [7, 11) is 2.98. The number of allylic oxidation sites excluding steroid dienone is 1. The molecule has 0 aromatic heterocycles. The van der Waals surface area contributed by atoms with Crippen LogP contribution in [0.5, 0.6) is 17.2 Å². The van der Waals surface area contributed by atoms with Crippen LogP contribution in [0.3, 0.4) is 0 Å². The number of benzene rings is 2. The topological polar surface area (TPSA) is 55.8 Å². The first-order chi connectivity index (χ1) is 11.4. The highest BCUT2D eigenvalue weighted by molar-refractivity contribution is 6.32. The van der Waals surface area contributed by atoms with Crippen LogP contribution in [0.15, 0.2) is 30.3 Å². The quantitative estimate of drug-likeness (QED) is 0.636. The molecule has 2 aromatic carbocycles. The van der Waals surface area contributed by atoms with Crippen LogP contribution in [0.4, 0.5) is 0 Å². The fourth-order valence-corrected chi connectivity index (χ4v) is 2.64. The molecule has 2 rings (SSSR count). The van der Waals surface area contributed by atoms with Crippen LogP contribution in [0.1, 0.15) is 27.0 Å². The highest BCUT2D eigenvalue weighted by Crippen LogP contribution is 2.33. The molecule has 0 radical (unpaired) electrons. The lowest BCUT2D eigenvalue weighted by Crippen LogP contribution is -2.00. The Kier molecular flexibility index (Phi) is 5.52. The summed E-state index contributed by atoms with van der Waals surface area (Å²) < 4.78 is 10.4. The van der Waals surface area contributed by atoms with Crippen molar-refractivity contribution >= 4 is 23.5 Å². The minimum atomic E-state index is -0.236. The van der Waals surface area contributed by atoms with Gasteiger partial charge in [-0.15, -0.1) is 0 Å². The van der Waals surface area contributed by atoms with Gasteiger partial charge in [0.05, 0.1) is 24.8 Å². The smallest absolute Gasteiger partial charge is 0.189 e. The number of rotatable bonds is 5. The zero-order valence-corrected chi connectivity index (χ0v) is 14.8. The third-order valence-electron chi connectivity index (χ3n) is 3.68. The van der Waals surface area contributed by atoms with Gasteiger partial charge in [0.15, 0.2) is 5.78 Å². The summed E-state index contributed by atoms with van der Waals surface area (Å²) in [5, 5.41) is 10.1. The van der Waals surface area contributed by atoms with E-state index < -0.39 is 0 Å². The Bertz CT molecular complexity index is 786. The molecule has 5 heteroatoms. The number of halogens is 1. The Morgan fingerprint density at radius 1 is 1.04 bits per heavy atom. The molecular formula is C19H19ClO4. The van der Waals surface area contributed by atoms with Crippen molar-refractivity contribution in [2.24, 2.45) is 0 Å². The molecule has 0 saturated carbocycles. The molecule has 0 amide bonds. The molecule has 0 atom stereocenters. The first-order valence-corrected chi connectivity index (χ1v) is 7.69. The molecule has 1 N–H and O–H groups in total. The number of hydrogen-bond acceptors (Lipinski definition) is 4. The number of ketones is 1. The standard InChI is InChI=1S/C19H19ClO4/c1-11-7-13(8-12(2)19(11)22)5-6-16(21)14-9-15(20)18(24-4)10-17(14)23-3/h5-10,22H,1-4H3/b6-5+. The van der Waals surface area contributed by atoms with Gasteiger partial charge in [-0.2, -0.15) is 0 Å². The molecule has 0 fully saturated rings. The van der Waals surface area contributed by atoms with Gasteiger partial charge in [0.2, 0.25) is 0 Å². The monoisotopic (exact) mass is 346 g/mol. The number of aromatic hydroxyl groups is 1. The first kappa shape index (κ1) is 17.9. The summed E-state index contributed by atoms with van der Waals surface area (Å²) in [6.07, 6.45) is 3.14. The number of hydrogen-bond donors (Lipinski definition) is 1. The van der Waals surface area contributed by atoms with Crippen LogP contribution in [0.25, 0.3) is 6.08 Å². The maximum absolute atomic E-state index is 12.5. The number of carbonyl (C=O) groups is 1. The van der Waals surface area contributed by atoms with Gasteiger partial charge in [-0.3, -0.25) is 4.79 Å². The molecular weight excluding hydrogens is 328 g/mol. The van der Waals surface area contributed by atoms with E-state index in [9.17, 15) is 9.90 Å². The average molecular weight is 347 g/mol. The molecule has 0 saturated heterocycles. The number of methoxy groups -OCH3 is 2. The van der Waals surface area contributed by atoms with Crippen molar-refractivity contribution in [2.75, 3.05) is 14.2 Å². The van der Waals surface area contributed by atoms with E-state index in [2.05, 4.69) is 0 Å². The summed E-state index contributed by atoms with van der Waals surface area (Å²) in [4.78, 5) is 12.5. The molecule has 126 valence electrons. The maximum Gasteiger partial charge on any atom is 0.189 e. The lowest BCUT2D eigenvalue weighted by molar-refractivity contribution is 0.104. The Hall–Kier alpha value is -2.46. The van der Waals surface area contributed by atoms with Gasteiger partial charge < -0.3 is 14.6 Å². The van der Waals surface area contributed by atoms with Crippen molar-refractivity contribution in [3.8, 4) is 17.2 Å². The fourth-order valence-electron chi connectivity index (χ4n) is 2.40. The molecule has 0 aliphatic heterocycles. The number of ether oxygens (including phenoxy) is 2. The summed E-state index contributed by atoms with van der Waals surface area (Å²) in [5.74, 6) is 0.865. The fraction of sp³-hybridized carbons (Fsp3) is 0.211. The van der Waals surface area contributed by atoms with Crippen molar-refractivity contribution < 1.29 is 19.4 Å². The maximum atomic E-state index is 12.5. The molecule has 24 heavy (non-hydrogen) atoms. The van der Waals surface area contributed by atoms with Gasteiger partial charge >= 0.3 is 0 Å². The molecule has 0 unspecified atom stereocenters. The van der Waals surface area contributed by atoms with Crippen molar-refractivity contribution in [1.29, 1.82) is 0 Å². The molecule has 0 bridgehead atoms. The van der Waals surface area contributed by atoms with Gasteiger partial charge in [0, 0.05) is 6.07 Å². The average Bonchev–Trinajstić information content (AvgIpc) is 2.57. The van der Waals surface area contributed by atoms with Gasteiger partial charge in [-0.25, -0.2) is 0 Å². The van der Waals surface area contributed by atoms with Gasteiger partial charge in [0.25, 0.3) is 0 Å². The van der Waals surface area contributed by atoms with E-state index in [-0.39, 0.29) is 11.5 Å². The third kappa shape index (κ3) is 3.71. The third-order valence-corrected chi connectivity index (χ3v) is 3.98. The zero-order valence-electron chi connectivity index (χ0n) is 14.0. The Morgan fingerprint density at radius 2 is 1.62 bits per heavy atom. The highest BCUT2D eigenvalue weighted by Gasteiger charge is 2.14. The molecule has 4 nitrogen and oxygen atoms in total. The van der Waals surface area contributed by atoms with E-state index in [1.807, 2.05) is 26.0 Å². The Balaban J connectivity index is 2.34. The molecule has 0 spiro atoms. The lowest BCUT2D eigenvalue weighted by atomic mass is 10.0. The van der Waals surface area contributed by atoms with Crippen molar-refractivity contribution in [3.63, 3.8) is 0 Å². The summed E-state index contributed by atoms with van der Waals surface area (Å²) >= 11 is 6.09. The second-order valence-electron chi connectivity index (χ2n) is 5.39. The molecule has 0 aliphatic rings. The lowest BCUT2D eigenvalue weighted by Gasteiger charge is -2.10. The number of carbonyl (C=O) groups excluding carboxylic acids is 1. The molecule has 2 aromatic rings. The van der Waals surface area contributed by atoms with E-state index >= 15 is 0 Å². The van der Waals surface area contributed by atoms with Crippen LogP contribution < -0.4 is 9.47 Å². The highest BCUT2D eigenvalue weighted by atomic mass is 35.5. The van der Waals surface area contributed by atoms with E-state index in [4.69, 9.17) is 21.1 Å². The Morgan fingerprint density at radius 3 is 2.17 bits per heavy atom. The zero-order chi connectivity index (χ0) is 17.9. The summed E-state index contributed by atoms with van der Waals surface area (Å²) in [6, 6.07) is 6.73. The van der Waals surface area contributed by atoms with Gasteiger partial charge in [-0.05, 0) is 54.8 Å². The van der Waals surface area contributed by atoms with Crippen molar-refractivity contribution in [3.05, 3.63) is 57.6 Å². The Labute approximate surface area is 146 Å². The number of phenolic OH excluding ortho intramolecular Hbond substituents is 1. The summed E-state index contributed by atoms with van der Waals surface area (Å²) in [5.41, 5.74) is 2.70.